The zero-order valence-corrected chi connectivity index (χ0v) is 10.6. The van der Waals surface area contributed by atoms with Crippen molar-refractivity contribution in [2.75, 3.05) is 0 Å². The number of amides is 1. The van der Waals surface area contributed by atoms with Crippen LogP contribution in [0.1, 0.15) is 29.3 Å². The average Bonchev–Trinajstić information content (AvgIpc) is 2.86. The third kappa shape index (κ3) is 2.81. The van der Waals surface area contributed by atoms with Crippen LogP contribution < -0.4 is 10.7 Å². The van der Waals surface area contributed by atoms with Crippen molar-refractivity contribution in [3.63, 3.8) is 0 Å². The standard InChI is InChI=1S/C12H12N4OS/c1-2-10-15-16-12(18-10)14-11(17)9-5-3-8(7-13)4-6-9/h3-6,10,15H,2H2,1H3,(H,14,16,17). The predicted octanol–water partition coefficient (Wildman–Crippen LogP) is 1.63. The van der Waals surface area contributed by atoms with E-state index >= 15 is 0 Å². The summed E-state index contributed by atoms with van der Waals surface area (Å²) >= 11 is 1.50. The highest BCUT2D eigenvalue weighted by Crippen LogP contribution is 2.18. The van der Waals surface area contributed by atoms with Crippen molar-refractivity contribution >= 4 is 22.8 Å². The number of nitrogens with one attached hydrogen (secondary N) is 2. The number of benzene rings is 1. The normalized spacial score (nSPS) is 17.6. The van der Waals surface area contributed by atoms with Gasteiger partial charge in [-0.1, -0.05) is 18.7 Å². The molecule has 0 spiro atoms. The molecule has 92 valence electrons. The van der Waals surface area contributed by atoms with Gasteiger partial charge in [0.1, 0.15) is 0 Å². The third-order valence-electron chi connectivity index (χ3n) is 2.43. The number of nitrogens with zero attached hydrogens (tertiary/aromatic N) is 2. The maximum atomic E-state index is 11.9. The smallest absolute Gasteiger partial charge is 0.257 e. The van der Waals surface area contributed by atoms with Gasteiger partial charge in [0, 0.05) is 5.56 Å². The van der Waals surface area contributed by atoms with Gasteiger partial charge in [-0.25, -0.2) is 0 Å². The molecule has 6 heteroatoms. The minimum Gasteiger partial charge on any atom is -0.300 e. The number of rotatable bonds is 2. The zero-order chi connectivity index (χ0) is 13.0. The first-order valence-electron chi connectivity index (χ1n) is 5.54. The summed E-state index contributed by atoms with van der Waals surface area (Å²) in [4.78, 5) is 11.9. The Morgan fingerprint density at radius 2 is 2.28 bits per heavy atom. The Bertz CT molecular complexity index is 518. The fourth-order valence-electron chi connectivity index (χ4n) is 1.42. The fourth-order valence-corrected chi connectivity index (χ4v) is 2.21. The van der Waals surface area contributed by atoms with E-state index in [2.05, 4.69) is 15.8 Å². The van der Waals surface area contributed by atoms with E-state index in [0.29, 0.717) is 16.3 Å². The Balaban J connectivity index is 1.98. The number of amidine groups is 1. The summed E-state index contributed by atoms with van der Waals surface area (Å²) in [5, 5.41) is 16.2. The maximum Gasteiger partial charge on any atom is 0.257 e. The van der Waals surface area contributed by atoms with Gasteiger partial charge in [0.25, 0.3) is 5.91 Å². The highest BCUT2D eigenvalue weighted by Gasteiger charge is 2.19. The van der Waals surface area contributed by atoms with Crippen molar-refractivity contribution in [2.45, 2.75) is 18.7 Å². The van der Waals surface area contributed by atoms with Crippen LogP contribution in [0.3, 0.4) is 0 Å². The van der Waals surface area contributed by atoms with Crippen molar-refractivity contribution in [3.8, 4) is 6.07 Å². The van der Waals surface area contributed by atoms with Crippen LogP contribution in [-0.4, -0.2) is 16.4 Å². The molecule has 2 N–H and O–H groups in total. The Hall–Kier alpha value is -2.00. The van der Waals surface area contributed by atoms with Crippen molar-refractivity contribution in [1.29, 1.82) is 5.26 Å². The van der Waals surface area contributed by atoms with Gasteiger partial charge in [-0.2, -0.15) is 10.4 Å². The molecule has 1 aromatic carbocycles. The third-order valence-corrected chi connectivity index (χ3v) is 3.57. The van der Waals surface area contributed by atoms with E-state index in [9.17, 15) is 4.79 Å². The second-order valence-corrected chi connectivity index (χ2v) is 4.90. The fraction of sp³-hybridized carbons (Fsp3) is 0.250. The van der Waals surface area contributed by atoms with Gasteiger partial charge in [-0.05, 0) is 30.7 Å². The van der Waals surface area contributed by atoms with Crippen LogP contribution in [0.2, 0.25) is 0 Å². The molecule has 1 aliphatic heterocycles. The Labute approximate surface area is 109 Å². The van der Waals surface area contributed by atoms with E-state index in [4.69, 9.17) is 5.26 Å². The van der Waals surface area contributed by atoms with Crippen LogP contribution >= 0.6 is 11.8 Å². The molecule has 5 nitrogen and oxygen atoms in total. The van der Waals surface area contributed by atoms with Crippen LogP contribution in [-0.2, 0) is 0 Å². The molecule has 0 aromatic heterocycles. The number of hydrogen-bond donors (Lipinski definition) is 2. The van der Waals surface area contributed by atoms with Gasteiger partial charge in [0.2, 0.25) is 0 Å². The second-order valence-electron chi connectivity index (χ2n) is 3.70. The topological polar surface area (TPSA) is 77.3 Å². The van der Waals surface area contributed by atoms with Crippen LogP contribution in [0, 0.1) is 11.3 Å². The van der Waals surface area contributed by atoms with Gasteiger partial charge in [0.15, 0.2) is 5.17 Å². The number of carbonyl (C=O) groups is 1. The zero-order valence-electron chi connectivity index (χ0n) is 9.80. The van der Waals surface area contributed by atoms with Crippen molar-refractivity contribution in [2.24, 2.45) is 5.10 Å². The van der Waals surface area contributed by atoms with Gasteiger partial charge >= 0.3 is 0 Å². The van der Waals surface area contributed by atoms with E-state index in [1.807, 2.05) is 13.0 Å². The molecule has 0 saturated heterocycles. The molecular weight excluding hydrogens is 248 g/mol. The highest BCUT2D eigenvalue weighted by molar-refractivity contribution is 8.14. The van der Waals surface area contributed by atoms with E-state index in [0.717, 1.165) is 6.42 Å². The molecule has 1 aromatic rings. The van der Waals surface area contributed by atoms with Gasteiger partial charge in [-0.3, -0.25) is 15.5 Å². The largest absolute Gasteiger partial charge is 0.300 e. The summed E-state index contributed by atoms with van der Waals surface area (Å²) in [6, 6.07) is 8.49. The predicted molar refractivity (Wildman–Crippen MR) is 70.9 cm³/mol. The van der Waals surface area contributed by atoms with Crippen LogP contribution in [0.15, 0.2) is 29.4 Å². The lowest BCUT2D eigenvalue weighted by molar-refractivity contribution is 0.0978. The molecule has 0 bridgehead atoms. The van der Waals surface area contributed by atoms with E-state index in [-0.39, 0.29) is 11.3 Å². The first-order chi connectivity index (χ1) is 8.72. The lowest BCUT2D eigenvalue weighted by Gasteiger charge is -2.05. The lowest BCUT2D eigenvalue weighted by Crippen LogP contribution is -2.27. The molecule has 1 unspecified atom stereocenters. The average molecular weight is 260 g/mol. The molecule has 0 saturated carbocycles. The van der Waals surface area contributed by atoms with Crippen LogP contribution in [0.5, 0.6) is 0 Å². The molecule has 1 atom stereocenters. The first kappa shape index (κ1) is 12.5. The second kappa shape index (κ2) is 5.56. The summed E-state index contributed by atoms with van der Waals surface area (Å²) in [5.41, 5.74) is 3.97. The first-order valence-corrected chi connectivity index (χ1v) is 6.42. The van der Waals surface area contributed by atoms with Gasteiger partial charge < -0.3 is 0 Å². The summed E-state index contributed by atoms with van der Waals surface area (Å²) in [7, 11) is 0. The molecule has 2 rings (SSSR count). The van der Waals surface area contributed by atoms with E-state index < -0.39 is 0 Å². The lowest BCUT2D eigenvalue weighted by atomic mass is 10.1. The molecule has 1 heterocycles. The number of thioether (sulfide) groups is 1. The van der Waals surface area contributed by atoms with Gasteiger partial charge in [-0.15, -0.1) is 0 Å². The van der Waals surface area contributed by atoms with E-state index in [1.165, 1.54) is 11.8 Å². The highest BCUT2D eigenvalue weighted by atomic mass is 32.2. The molecule has 0 aliphatic carbocycles. The van der Waals surface area contributed by atoms with Crippen molar-refractivity contribution in [1.82, 2.24) is 10.7 Å². The molecule has 18 heavy (non-hydrogen) atoms. The number of nitriles is 1. The molecule has 0 radical (unpaired) electrons. The summed E-state index contributed by atoms with van der Waals surface area (Å²) < 4.78 is 0. The van der Waals surface area contributed by atoms with Crippen LogP contribution in [0.4, 0.5) is 0 Å². The molecule has 0 fully saturated rings. The minimum atomic E-state index is -0.218. The quantitative estimate of drug-likeness (QED) is 0.847. The van der Waals surface area contributed by atoms with Crippen LogP contribution in [0.25, 0.3) is 0 Å². The van der Waals surface area contributed by atoms with Gasteiger partial charge in [0.05, 0.1) is 17.0 Å². The Morgan fingerprint density at radius 3 is 2.83 bits per heavy atom. The molecule has 1 aliphatic rings. The monoisotopic (exact) mass is 260 g/mol. The summed E-state index contributed by atoms with van der Waals surface area (Å²) in [5.74, 6) is -0.218. The van der Waals surface area contributed by atoms with E-state index in [1.54, 1.807) is 24.3 Å². The summed E-state index contributed by atoms with van der Waals surface area (Å²) in [6.07, 6.45) is 0.935. The minimum absolute atomic E-state index is 0.218. The molecule has 1 amide bonds. The summed E-state index contributed by atoms with van der Waals surface area (Å²) in [6.45, 7) is 2.05. The molecular formula is C12H12N4OS. The number of hydrogen-bond acceptors (Lipinski definition) is 5. The maximum absolute atomic E-state index is 11.9. The number of hydrazone groups is 1. The number of carbonyl (C=O) groups excluding carboxylic acids is 1. The Morgan fingerprint density at radius 1 is 1.56 bits per heavy atom. The van der Waals surface area contributed by atoms with Crippen molar-refractivity contribution < 1.29 is 4.79 Å². The SMILES string of the molecule is CCC1NN=C(NC(=O)c2ccc(C#N)cc2)S1. The Kier molecular flexibility index (Phi) is 3.85. The van der Waals surface area contributed by atoms with Crippen molar-refractivity contribution in [3.05, 3.63) is 35.4 Å².